The quantitative estimate of drug-likeness (QED) is 0.218. The number of benzene rings is 2. The number of thiazole rings is 1. The highest BCUT2D eigenvalue weighted by Gasteiger charge is 2.30. The average molecular weight is 663 g/mol. The second-order valence-electron chi connectivity index (χ2n) is 11.3. The summed E-state index contributed by atoms with van der Waals surface area (Å²) in [7, 11) is 0. The summed E-state index contributed by atoms with van der Waals surface area (Å²) < 4.78 is 15.0. The first kappa shape index (κ1) is 31.5. The number of hydrogen-bond donors (Lipinski definition) is 3. The Morgan fingerprint density at radius 3 is 2.65 bits per heavy atom. The smallest absolute Gasteiger partial charge is 0.267 e. The Bertz CT molecular complexity index is 1790. The maximum atomic E-state index is 15.0. The van der Waals surface area contributed by atoms with Crippen LogP contribution in [0, 0.1) is 19.7 Å². The average Bonchev–Trinajstić information content (AvgIpc) is 3.48. The number of anilines is 4. The Hall–Kier alpha value is -4.46. The van der Waals surface area contributed by atoms with Gasteiger partial charge in [0, 0.05) is 50.8 Å². The van der Waals surface area contributed by atoms with Crippen LogP contribution in [0.5, 0.6) is 0 Å². The van der Waals surface area contributed by atoms with Crippen LogP contribution >= 0.6 is 22.9 Å². The molecule has 2 saturated heterocycles. The van der Waals surface area contributed by atoms with E-state index in [1.165, 1.54) is 23.6 Å². The summed E-state index contributed by atoms with van der Waals surface area (Å²) in [6, 6.07) is 12.3. The molecule has 11 nitrogen and oxygen atoms in total. The molecule has 1 atom stereocenters. The molecule has 238 valence electrons. The molecule has 6 rings (SSSR count). The van der Waals surface area contributed by atoms with E-state index in [1.54, 1.807) is 12.1 Å². The van der Waals surface area contributed by atoms with Crippen molar-refractivity contribution < 1.29 is 18.8 Å². The number of imide groups is 1. The van der Waals surface area contributed by atoms with Crippen LogP contribution in [0.25, 0.3) is 0 Å². The minimum absolute atomic E-state index is 0.209. The van der Waals surface area contributed by atoms with Crippen molar-refractivity contribution in [2.75, 3.05) is 41.7 Å². The van der Waals surface area contributed by atoms with E-state index in [9.17, 15) is 18.8 Å². The fourth-order valence-electron chi connectivity index (χ4n) is 5.62. The van der Waals surface area contributed by atoms with Crippen LogP contribution in [-0.2, 0) is 16.1 Å². The molecule has 2 aliphatic rings. The van der Waals surface area contributed by atoms with Crippen LogP contribution < -0.4 is 20.9 Å². The highest BCUT2D eigenvalue weighted by Crippen LogP contribution is 2.30. The molecule has 2 aromatic heterocycles. The van der Waals surface area contributed by atoms with Gasteiger partial charge in [0.25, 0.3) is 5.91 Å². The molecule has 1 unspecified atom stereocenters. The fraction of sp³-hybridized carbons (Fsp3) is 0.312. The Balaban J connectivity index is 1.05. The number of nitrogens with one attached hydrogen (secondary N) is 3. The Kier molecular flexibility index (Phi) is 9.24. The lowest BCUT2D eigenvalue weighted by Gasteiger charge is -2.35. The van der Waals surface area contributed by atoms with Crippen molar-refractivity contribution in [3.05, 3.63) is 86.9 Å². The predicted octanol–water partition coefficient (Wildman–Crippen LogP) is 5.18. The standard InChI is InChI=1S/C32H32ClFN8O3S/c1-18-4-3-5-23(33)29(18)40-31(45)25-16-35-32(46-25)38-26-15-27(37-19(2)36-26)42-12-10-41(11-13-42)17-20-6-7-21(24(34)14-20)22-8-9-28(43)39-30(22)44/h3-7,14-16,22H,8-13,17H2,1-2H3,(H,40,45)(H,39,43,44)(H,35,36,37,38). The zero-order valence-electron chi connectivity index (χ0n) is 25.3. The SMILES string of the molecule is Cc1nc(Nc2ncc(C(=O)Nc3c(C)cccc3Cl)s2)cc(N2CCN(Cc3ccc(C4CCC(=O)NC4=O)c(F)c3)CC2)n1. The highest BCUT2D eigenvalue weighted by molar-refractivity contribution is 7.17. The Morgan fingerprint density at radius 2 is 1.91 bits per heavy atom. The van der Waals surface area contributed by atoms with E-state index < -0.39 is 17.6 Å². The third-order valence-electron chi connectivity index (χ3n) is 8.03. The molecular weight excluding hydrogens is 631 g/mol. The molecule has 2 aromatic carbocycles. The predicted molar refractivity (Wildman–Crippen MR) is 175 cm³/mol. The summed E-state index contributed by atoms with van der Waals surface area (Å²) in [5.74, 6) is -0.191. The van der Waals surface area contributed by atoms with Gasteiger partial charge in [0.05, 0.1) is 22.8 Å². The Morgan fingerprint density at radius 1 is 1.11 bits per heavy atom. The number of para-hydroxylation sites is 1. The molecule has 2 fully saturated rings. The number of halogens is 2. The van der Waals surface area contributed by atoms with Gasteiger partial charge in [0.1, 0.15) is 28.2 Å². The second-order valence-corrected chi connectivity index (χ2v) is 12.8. The minimum atomic E-state index is -0.647. The summed E-state index contributed by atoms with van der Waals surface area (Å²) in [5.41, 5.74) is 2.59. The molecule has 0 bridgehead atoms. The molecule has 46 heavy (non-hydrogen) atoms. The van der Waals surface area contributed by atoms with Crippen molar-refractivity contribution in [1.29, 1.82) is 0 Å². The van der Waals surface area contributed by atoms with E-state index >= 15 is 0 Å². The van der Waals surface area contributed by atoms with Gasteiger partial charge in [-0.1, -0.05) is 47.2 Å². The van der Waals surface area contributed by atoms with E-state index in [1.807, 2.05) is 38.1 Å². The number of carbonyl (C=O) groups excluding carboxylic acids is 3. The monoisotopic (exact) mass is 662 g/mol. The molecule has 3 amide bonds. The first-order chi connectivity index (χ1) is 22.1. The molecule has 0 aliphatic carbocycles. The van der Waals surface area contributed by atoms with Crippen molar-refractivity contribution in [1.82, 2.24) is 25.2 Å². The lowest BCUT2D eigenvalue weighted by molar-refractivity contribution is -0.134. The number of aryl methyl sites for hydroxylation is 2. The molecule has 0 spiro atoms. The summed E-state index contributed by atoms with van der Waals surface area (Å²) in [6.07, 6.45) is 2.03. The number of piperidine rings is 1. The number of nitrogens with zero attached hydrogens (tertiary/aromatic N) is 5. The van der Waals surface area contributed by atoms with Gasteiger partial charge in [-0.15, -0.1) is 0 Å². The van der Waals surface area contributed by atoms with Crippen LogP contribution in [-0.4, -0.2) is 63.8 Å². The van der Waals surface area contributed by atoms with Crippen molar-refractivity contribution in [2.45, 2.75) is 39.2 Å². The molecule has 2 aliphatic heterocycles. The van der Waals surface area contributed by atoms with Crippen molar-refractivity contribution in [3.8, 4) is 0 Å². The summed E-state index contributed by atoms with van der Waals surface area (Å²) in [5, 5.41) is 9.35. The number of hydrogen-bond acceptors (Lipinski definition) is 10. The van der Waals surface area contributed by atoms with Crippen LogP contribution in [0.1, 0.15) is 50.9 Å². The van der Waals surface area contributed by atoms with Gasteiger partial charge >= 0.3 is 0 Å². The molecule has 14 heteroatoms. The van der Waals surface area contributed by atoms with Gasteiger partial charge in [-0.25, -0.2) is 19.3 Å². The van der Waals surface area contributed by atoms with Gasteiger partial charge < -0.3 is 15.5 Å². The Labute approximate surface area is 274 Å². The van der Waals surface area contributed by atoms with Gasteiger partial charge in [-0.05, 0) is 43.5 Å². The minimum Gasteiger partial charge on any atom is -0.354 e. The fourth-order valence-corrected chi connectivity index (χ4v) is 6.61. The topological polar surface area (TPSA) is 132 Å². The maximum absolute atomic E-state index is 15.0. The molecule has 4 aromatic rings. The van der Waals surface area contributed by atoms with E-state index in [4.69, 9.17) is 11.6 Å². The van der Waals surface area contributed by atoms with Crippen molar-refractivity contribution >= 4 is 63.1 Å². The van der Waals surface area contributed by atoms with Crippen LogP contribution in [0.3, 0.4) is 0 Å². The molecule has 0 saturated carbocycles. The molecule has 4 heterocycles. The number of piperazine rings is 1. The van der Waals surface area contributed by atoms with Crippen molar-refractivity contribution in [2.24, 2.45) is 0 Å². The molecule has 0 radical (unpaired) electrons. The number of carbonyl (C=O) groups is 3. The molecule has 3 N–H and O–H groups in total. The van der Waals surface area contributed by atoms with E-state index in [-0.39, 0.29) is 18.2 Å². The van der Waals surface area contributed by atoms with Gasteiger partial charge in [0.2, 0.25) is 11.8 Å². The second kappa shape index (κ2) is 13.5. The first-order valence-corrected chi connectivity index (χ1v) is 16.1. The van der Waals surface area contributed by atoms with Gasteiger partial charge in [-0.3, -0.25) is 24.6 Å². The normalized spacial score (nSPS) is 17.1. The summed E-state index contributed by atoms with van der Waals surface area (Å²) >= 11 is 7.47. The zero-order valence-corrected chi connectivity index (χ0v) is 26.8. The zero-order chi connectivity index (χ0) is 32.4. The number of amides is 3. The van der Waals surface area contributed by atoms with Gasteiger partial charge in [-0.2, -0.15) is 0 Å². The maximum Gasteiger partial charge on any atom is 0.267 e. The van der Waals surface area contributed by atoms with E-state index in [2.05, 4.69) is 40.7 Å². The van der Waals surface area contributed by atoms with Crippen molar-refractivity contribution in [3.63, 3.8) is 0 Å². The third kappa shape index (κ3) is 7.16. The van der Waals surface area contributed by atoms with E-state index in [0.717, 1.165) is 43.1 Å². The third-order valence-corrected chi connectivity index (χ3v) is 9.26. The number of aromatic nitrogens is 3. The highest BCUT2D eigenvalue weighted by atomic mass is 35.5. The van der Waals surface area contributed by atoms with Crippen LogP contribution in [0.15, 0.2) is 48.7 Å². The largest absolute Gasteiger partial charge is 0.354 e. The van der Waals surface area contributed by atoms with E-state index in [0.29, 0.717) is 50.9 Å². The summed E-state index contributed by atoms with van der Waals surface area (Å²) in [4.78, 5) is 54.9. The molecular formula is C32H32ClFN8O3S. The lowest BCUT2D eigenvalue weighted by atomic mass is 9.89. The van der Waals surface area contributed by atoms with Crippen LogP contribution in [0.2, 0.25) is 5.02 Å². The van der Waals surface area contributed by atoms with Crippen LogP contribution in [0.4, 0.5) is 26.8 Å². The summed E-state index contributed by atoms with van der Waals surface area (Å²) in [6.45, 7) is 7.21. The lowest BCUT2D eigenvalue weighted by Crippen LogP contribution is -2.46. The number of rotatable bonds is 8. The first-order valence-electron chi connectivity index (χ1n) is 14.9. The van der Waals surface area contributed by atoms with Gasteiger partial charge in [0.15, 0.2) is 5.13 Å².